The van der Waals surface area contributed by atoms with E-state index in [1.54, 1.807) is 0 Å². The first-order valence-electron chi connectivity index (χ1n) is 5.41. The molecule has 0 aromatic heterocycles. The number of fused-ring (bicyclic) bond motifs is 1. The Kier molecular flexibility index (Phi) is 2.50. The minimum absolute atomic E-state index is 0.346. The lowest BCUT2D eigenvalue weighted by atomic mass is 9.97. The molecule has 0 atom stereocenters. The molecule has 0 amide bonds. The molecule has 15 heavy (non-hydrogen) atoms. The van der Waals surface area contributed by atoms with E-state index < -0.39 is 0 Å². The molecule has 2 heteroatoms. The van der Waals surface area contributed by atoms with Crippen molar-refractivity contribution in [1.29, 1.82) is 5.26 Å². The Hall–Kier alpha value is -1.33. The van der Waals surface area contributed by atoms with Gasteiger partial charge in [0, 0.05) is 18.9 Å². The molecule has 0 saturated heterocycles. The average Bonchev–Trinajstić information content (AvgIpc) is 2.55. The van der Waals surface area contributed by atoms with Crippen molar-refractivity contribution in [2.24, 2.45) is 0 Å². The zero-order chi connectivity index (χ0) is 10.9. The van der Waals surface area contributed by atoms with Crippen molar-refractivity contribution < 1.29 is 0 Å². The first-order chi connectivity index (χ1) is 7.15. The molecule has 0 spiro atoms. The fraction of sp³-hybridized carbons (Fsp3) is 0.462. The van der Waals surface area contributed by atoms with E-state index in [1.807, 2.05) is 12.1 Å². The largest absolute Gasteiger partial charge is 0.297 e. The van der Waals surface area contributed by atoms with Crippen molar-refractivity contribution >= 4 is 0 Å². The normalized spacial score (nSPS) is 17.5. The summed E-state index contributed by atoms with van der Waals surface area (Å²) in [6.07, 6.45) is 1.66. The predicted octanol–water partition coefficient (Wildman–Crippen LogP) is 2.05. The highest BCUT2D eigenvalue weighted by atomic mass is 15.0. The second-order valence-electron chi connectivity index (χ2n) is 4.62. The quantitative estimate of drug-likeness (QED) is 0.793. The van der Waals surface area contributed by atoms with Crippen LogP contribution < -0.4 is 5.32 Å². The summed E-state index contributed by atoms with van der Waals surface area (Å²) in [6.45, 7) is 4.17. The highest BCUT2D eigenvalue weighted by Gasteiger charge is 2.37. The van der Waals surface area contributed by atoms with Crippen LogP contribution in [0, 0.1) is 11.3 Å². The topological polar surface area (TPSA) is 35.8 Å². The van der Waals surface area contributed by atoms with Gasteiger partial charge in [0.2, 0.25) is 0 Å². The monoisotopic (exact) mass is 200 g/mol. The Morgan fingerprint density at radius 3 is 2.20 bits per heavy atom. The lowest BCUT2D eigenvalue weighted by Gasteiger charge is -2.24. The molecule has 1 N–H and O–H groups in total. The van der Waals surface area contributed by atoms with Crippen LogP contribution in [0.3, 0.4) is 0 Å². The molecule has 78 valence electrons. The predicted molar refractivity (Wildman–Crippen MR) is 60.5 cm³/mol. The summed E-state index contributed by atoms with van der Waals surface area (Å²) < 4.78 is 0. The van der Waals surface area contributed by atoms with Gasteiger partial charge in [-0.05, 0) is 25.0 Å². The second kappa shape index (κ2) is 3.67. The zero-order valence-corrected chi connectivity index (χ0v) is 9.25. The van der Waals surface area contributed by atoms with Crippen LogP contribution in [-0.2, 0) is 12.8 Å². The molecule has 2 nitrogen and oxygen atoms in total. The van der Waals surface area contributed by atoms with E-state index in [0.717, 1.165) is 12.8 Å². The van der Waals surface area contributed by atoms with E-state index in [2.05, 4.69) is 37.4 Å². The Morgan fingerprint density at radius 1 is 1.27 bits per heavy atom. The molecule has 1 aromatic rings. The Bertz CT molecular complexity index is 376. The van der Waals surface area contributed by atoms with Gasteiger partial charge in [0.05, 0.1) is 6.07 Å². The van der Waals surface area contributed by atoms with Gasteiger partial charge in [0.15, 0.2) is 0 Å². The summed E-state index contributed by atoms with van der Waals surface area (Å²) in [6, 6.07) is 11.1. The molecule has 1 aliphatic carbocycles. The summed E-state index contributed by atoms with van der Waals surface area (Å²) >= 11 is 0. The number of nitriles is 1. The van der Waals surface area contributed by atoms with Crippen LogP contribution in [0.1, 0.15) is 25.0 Å². The number of hydrogen-bond donors (Lipinski definition) is 1. The van der Waals surface area contributed by atoms with Gasteiger partial charge in [-0.15, -0.1) is 0 Å². The van der Waals surface area contributed by atoms with Crippen LogP contribution in [0.5, 0.6) is 0 Å². The molecule has 0 heterocycles. The lowest BCUT2D eigenvalue weighted by Crippen LogP contribution is -2.48. The van der Waals surface area contributed by atoms with Crippen molar-refractivity contribution in [2.75, 3.05) is 0 Å². The average molecular weight is 200 g/mol. The van der Waals surface area contributed by atoms with Gasteiger partial charge in [0.1, 0.15) is 5.54 Å². The van der Waals surface area contributed by atoms with Gasteiger partial charge in [-0.1, -0.05) is 24.3 Å². The second-order valence-corrected chi connectivity index (χ2v) is 4.62. The lowest BCUT2D eigenvalue weighted by molar-refractivity contribution is 0.392. The molecule has 1 aliphatic rings. The van der Waals surface area contributed by atoms with E-state index in [9.17, 15) is 5.26 Å². The fourth-order valence-electron chi connectivity index (χ4n) is 2.38. The minimum Gasteiger partial charge on any atom is -0.297 e. The molecule has 0 saturated carbocycles. The molecule has 0 radical (unpaired) electrons. The third-order valence-electron chi connectivity index (χ3n) is 2.88. The SMILES string of the molecule is CC(C)NC1(C#N)Cc2ccccc2C1. The number of rotatable bonds is 2. The maximum atomic E-state index is 9.33. The van der Waals surface area contributed by atoms with Gasteiger partial charge in [-0.3, -0.25) is 5.32 Å². The highest BCUT2D eigenvalue weighted by molar-refractivity contribution is 5.39. The molecule has 0 fully saturated rings. The maximum absolute atomic E-state index is 9.33. The summed E-state index contributed by atoms with van der Waals surface area (Å²) in [5.74, 6) is 0. The molecule has 1 aromatic carbocycles. The van der Waals surface area contributed by atoms with E-state index in [4.69, 9.17) is 0 Å². The van der Waals surface area contributed by atoms with Crippen LogP contribution in [-0.4, -0.2) is 11.6 Å². The van der Waals surface area contributed by atoms with Gasteiger partial charge in [-0.2, -0.15) is 5.26 Å². The van der Waals surface area contributed by atoms with Crippen molar-refractivity contribution in [3.8, 4) is 6.07 Å². The van der Waals surface area contributed by atoms with Crippen molar-refractivity contribution in [2.45, 2.75) is 38.3 Å². The van der Waals surface area contributed by atoms with E-state index in [0.29, 0.717) is 6.04 Å². The van der Waals surface area contributed by atoms with Gasteiger partial charge in [0.25, 0.3) is 0 Å². The molecule has 0 unspecified atom stereocenters. The van der Waals surface area contributed by atoms with Gasteiger partial charge in [-0.25, -0.2) is 0 Å². The first-order valence-corrected chi connectivity index (χ1v) is 5.41. The third-order valence-corrected chi connectivity index (χ3v) is 2.88. The number of nitrogens with zero attached hydrogens (tertiary/aromatic N) is 1. The number of hydrogen-bond acceptors (Lipinski definition) is 2. The smallest absolute Gasteiger partial charge is 0.115 e. The van der Waals surface area contributed by atoms with Crippen molar-refractivity contribution in [1.82, 2.24) is 5.32 Å². The zero-order valence-electron chi connectivity index (χ0n) is 9.25. The summed E-state index contributed by atoms with van der Waals surface area (Å²) in [7, 11) is 0. The van der Waals surface area contributed by atoms with Crippen LogP contribution >= 0.6 is 0 Å². The molecular formula is C13H16N2. The highest BCUT2D eigenvalue weighted by Crippen LogP contribution is 2.29. The van der Waals surface area contributed by atoms with Crippen LogP contribution in [0.25, 0.3) is 0 Å². The van der Waals surface area contributed by atoms with E-state index in [1.165, 1.54) is 11.1 Å². The van der Waals surface area contributed by atoms with Gasteiger partial charge >= 0.3 is 0 Å². The summed E-state index contributed by atoms with van der Waals surface area (Å²) in [5, 5.41) is 12.7. The standard InChI is InChI=1S/C13H16N2/c1-10(2)15-13(9-14)7-11-5-3-4-6-12(11)8-13/h3-6,10,15H,7-8H2,1-2H3. The van der Waals surface area contributed by atoms with Crippen LogP contribution in [0.2, 0.25) is 0 Å². The summed E-state index contributed by atoms with van der Waals surface area (Å²) in [4.78, 5) is 0. The van der Waals surface area contributed by atoms with Crippen molar-refractivity contribution in [3.63, 3.8) is 0 Å². The third kappa shape index (κ3) is 1.88. The fourth-order valence-corrected chi connectivity index (χ4v) is 2.38. The van der Waals surface area contributed by atoms with E-state index in [-0.39, 0.29) is 5.54 Å². The number of nitrogens with one attached hydrogen (secondary N) is 1. The first kappa shape index (κ1) is 10.2. The van der Waals surface area contributed by atoms with Gasteiger partial charge < -0.3 is 0 Å². The summed E-state index contributed by atoms with van der Waals surface area (Å²) in [5.41, 5.74) is 2.25. The maximum Gasteiger partial charge on any atom is 0.115 e. The van der Waals surface area contributed by atoms with E-state index >= 15 is 0 Å². The Balaban J connectivity index is 2.26. The molecule has 0 aliphatic heterocycles. The molecule has 2 rings (SSSR count). The number of benzene rings is 1. The Morgan fingerprint density at radius 2 is 1.80 bits per heavy atom. The Labute approximate surface area is 90.9 Å². The molecule has 0 bridgehead atoms. The van der Waals surface area contributed by atoms with Crippen LogP contribution in [0.4, 0.5) is 0 Å². The molecular weight excluding hydrogens is 184 g/mol. The van der Waals surface area contributed by atoms with Crippen LogP contribution in [0.15, 0.2) is 24.3 Å². The van der Waals surface area contributed by atoms with Crippen molar-refractivity contribution in [3.05, 3.63) is 35.4 Å². The minimum atomic E-state index is -0.377.